The summed E-state index contributed by atoms with van der Waals surface area (Å²) in [5, 5.41) is 28.7. The van der Waals surface area contributed by atoms with Crippen molar-refractivity contribution < 1.29 is 20.1 Å². The minimum absolute atomic E-state index is 0.0360. The van der Waals surface area contributed by atoms with E-state index in [9.17, 15) is 15.0 Å². The number of halogens is 4. The monoisotopic (exact) mass is 398 g/mol. The van der Waals surface area contributed by atoms with E-state index in [1.165, 1.54) is 18.2 Å². The highest BCUT2D eigenvalue weighted by Crippen LogP contribution is 2.47. The molecule has 0 unspecified atom stereocenters. The maximum Gasteiger partial charge on any atom is 0.338 e. The fourth-order valence-electron chi connectivity index (χ4n) is 1.60. The Kier molecular flexibility index (Phi) is 5.25. The van der Waals surface area contributed by atoms with Crippen molar-refractivity contribution in [1.82, 2.24) is 0 Å². The van der Waals surface area contributed by atoms with Gasteiger partial charge in [0.05, 0.1) is 24.9 Å². The molecule has 0 fully saturated rings. The largest absolute Gasteiger partial charge is 0.505 e. The quantitative estimate of drug-likeness (QED) is 0.629. The SMILES string of the molecule is O=C(O)c1c(Cl)cc(Sc2cc(Cl)cc(Cl)c2O)c(O)c1Cl. The number of aromatic carboxylic acids is 1. The first-order valence-corrected chi connectivity index (χ1v) is 7.85. The van der Waals surface area contributed by atoms with Crippen LogP contribution in [0.15, 0.2) is 28.0 Å². The number of phenols is 2. The first-order chi connectivity index (χ1) is 10.2. The zero-order valence-corrected chi connectivity index (χ0v) is 14.2. The van der Waals surface area contributed by atoms with Crippen LogP contribution >= 0.6 is 58.2 Å². The van der Waals surface area contributed by atoms with Crippen LogP contribution in [0, 0.1) is 0 Å². The minimum Gasteiger partial charge on any atom is -0.505 e. The Hall–Kier alpha value is -0.980. The van der Waals surface area contributed by atoms with Crippen LogP contribution in [-0.4, -0.2) is 21.3 Å². The van der Waals surface area contributed by atoms with Gasteiger partial charge in [-0.1, -0.05) is 58.2 Å². The highest BCUT2D eigenvalue weighted by molar-refractivity contribution is 7.99. The van der Waals surface area contributed by atoms with Gasteiger partial charge in [-0.25, -0.2) is 4.79 Å². The number of aromatic hydroxyl groups is 2. The van der Waals surface area contributed by atoms with E-state index < -0.39 is 22.3 Å². The predicted octanol–water partition coefficient (Wildman–Crippen LogP) is 5.56. The van der Waals surface area contributed by atoms with Gasteiger partial charge in [0.25, 0.3) is 0 Å². The molecule has 2 rings (SSSR count). The van der Waals surface area contributed by atoms with E-state index in [-0.39, 0.29) is 30.6 Å². The summed E-state index contributed by atoms with van der Waals surface area (Å²) in [6, 6.07) is 4.01. The Bertz CT molecular complexity index is 779. The molecule has 3 N–H and O–H groups in total. The van der Waals surface area contributed by atoms with E-state index in [0.717, 1.165) is 11.8 Å². The van der Waals surface area contributed by atoms with Gasteiger partial charge >= 0.3 is 5.97 Å². The number of phenolic OH excluding ortho intramolecular Hbond substituents is 2. The van der Waals surface area contributed by atoms with E-state index in [2.05, 4.69) is 0 Å². The second-order valence-corrected chi connectivity index (χ2v) is 6.75. The summed E-state index contributed by atoms with van der Waals surface area (Å²) in [7, 11) is 0. The molecular weight excluding hydrogens is 394 g/mol. The third kappa shape index (κ3) is 3.34. The molecule has 9 heteroatoms. The molecule has 2 aromatic rings. The van der Waals surface area contributed by atoms with Crippen molar-refractivity contribution in [2.45, 2.75) is 9.79 Å². The number of hydrogen-bond donors (Lipinski definition) is 3. The van der Waals surface area contributed by atoms with Crippen LogP contribution in [0.1, 0.15) is 10.4 Å². The standard InChI is InChI=1S/C13H6Cl4O4S/c14-4-1-6(16)11(18)7(2-4)22-8-3-5(15)9(13(20)21)10(17)12(8)19/h1-3,18-19H,(H,20,21). The van der Waals surface area contributed by atoms with Crippen LogP contribution in [0.3, 0.4) is 0 Å². The molecule has 0 aromatic heterocycles. The van der Waals surface area contributed by atoms with Crippen LogP contribution in [0.5, 0.6) is 11.5 Å². The van der Waals surface area contributed by atoms with Gasteiger partial charge in [0, 0.05) is 5.02 Å². The number of benzene rings is 2. The number of carbonyl (C=O) groups is 1. The topological polar surface area (TPSA) is 77.8 Å². The molecule has 4 nitrogen and oxygen atoms in total. The van der Waals surface area contributed by atoms with Crippen LogP contribution < -0.4 is 0 Å². The van der Waals surface area contributed by atoms with Gasteiger partial charge in [0.1, 0.15) is 17.1 Å². The third-order valence-corrected chi connectivity index (χ3v) is 4.82. The highest BCUT2D eigenvalue weighted by atomic mass is 35.5. The van der Waals surface area contributed by atoms with Gasteiger partial charge in [-0.05, 0) is 18.2 Å². The Morgan fingerprint density at radius 3 is 2.09 bits per heavy atom. The lowest BCUT2D eigenvalue weighted by atomic mass is 10.2. The number of rotatable bonds is 3. The van der Waals surface area contributed by atoms with Crippen LogP contribution in [0.2, 0.25) is 20.1 Å². The van der Waals surface area contributed by atoms with Gasteiger partial charge in [-0.3, -0.25) is 0 Å². The Balaban J connectivity index is 2.54. The molecule has 0 amide bonds. The molecule has 0 aliphatic rings. The van der Waals surface area contributed by atoms with Crippen molar-refractivity contribution >= 4 is 64.1 Å². The van der Waals surface area contributed by atoms with E-state index in [0.29, 0.717) is 0 Å². The fourth-order valence-corrected chi connectivity index (χ4v) is 3.96. The van der Waals surface area contributed by atoms with Crippen molar-refractivity contribution in [1.29, 1.82) is 0 Å². The molecule has 0 saturated carbocycles. The zero-order chi connectivity index (χ0) is 16.6. The van der Waals surface area contributed by atoms with E-state index >= 15 is 0 Å². The molecular formula is C13H6Cl4O4S. The van der Waals surface area contributed by atoms with Crippen molar-refractivity contribution in [3.63, 3.8) is 0 Å². The molecule has 0 aliphatic heterocycles. The number of carboxylic acid groups (broad SMARTS) is 1. The van der Waals surface area contributed by atoms with Gasteiger partial charge in [0.15, 0.2) is 0 Å². The number of carboxylic acids is 1. The van der Waals surface area contributed by atoms with Gasteiger partial charge in [0.2, 0.25) is 0 Å². The van der Waals surface area contributed by atoms with Gasteiger partial charge in [-0.15, -0.1) is 0 Å². The normalized spacial score (nSPS) is 10.7. The molecule has 0 bridgehead atoms. The minimum atomic E-state index is -1.37. The van der Waals surface area contributed by atoms with Crippen molar-refractivity contribution in [3.05, 3.63) is 43.9 Å². The first kappa shape index (κ1) is 17.4. The van der Waals surface area contributed by atoms with Crippen LogP contribution in [0.4, 0.5) is 0 Å². The predicted molar refractivity (Wildman–Crippen MR) is 87.3 cm³/mol. The molecule has 116 valence electrons. The maximum atomic E-state index is 11.0. The molecule has 2 aromatic carbocycles. The summed E-state index contributed by atoms with van der Waals surface area (Å²) in [6.45, 7) is 0. The highest BCUT2D eigenvalue weighted by Gasteiger charge is 2.22. The van der Waals surface area contributed by atoms with Gasteiger partial charge < -0.3 is 15.3 Å². The lowest BCUT2D eigenvalue weighted by Crippen LogP contribution is -1.99. The van der Waals surface area contributed by atoms with Crippen LogP contribution in [0.25, 0.3) is 0 Å². The maximum absolute atomic E-state index is 11.0. The summed E-state index contributed by atoms with van der Waals surface area (Å²) in [4.78, 5) is 11.4. The number of hydrogen-bond acceptors (Lipinski definition) is 4. The molecule has 22 heavy (non-hydrogen) atoms. The summed E-state index contributed by atoms with van der Waals surface area (Å²) in [6.07, 6.45) is 0. The smallest absolute Gasteiger partial charge is 0.338 e. The third-order valence-electron chi connectivity index (χ3n) is 2.58. The lowest BCUT2D eigenvalue weighted by Gasteiger charge is -2.11. The average Bonchev–Trinajstić information content (AvgIpc) is 2.40. The first-order valence-electron chi connectivity index (χ1n) is 5.52. The lowest BCUT2D eigenvalue weighted by molar-refractivity contribution is 0.0696. The summed E-state index contributed by atoms with van der Waals surface area (Å²) in [5.74, 6) is -2.07. The average molecular weight is 400 g/mol. The Morgan fingerprint density at radius 1 is 0.909 bits per heavy atom. The zero-order valence-electron chi connectivity index (χ0n) is 10.4. The molecule has 0 saturated heterocycles. The van der Waals surface area contributed by atoms with Gasteiger partial charge in [-0.2, -0.15) is 0 Å². The molecule has 0 heterocycles. The van der Waals surface area contributed by atoms with Crippen molar-refractivity contribution in [2.24, 2.45) is 0 Å². The van der Waals surface area contributed by atoms with E-state index in [1.54, 1.807) is 0 Å². The second kappa shape index (κ2) is 6.64. The second-order valence-electron chi connectivity index (χ2n) is 4.04. The molecule has 0 radical (unpaired) electrons. The summed E-state index contributed by atoms with van der Waals surface area (Å²) >= 11 is 24.2. The molecule has 0 spiro atoms. The summed E-state index contributed by atoms with van der Waals surface area (Å²) < 4.78 is 0. The fraction of sp³-hybridized carbons (Fsp3) is 0. The van der Waals surface area contributed by atoms with E-state index in [4.69, 9.17) is 51.5 Å². The molecule has 0 atom stereocenters. The Labute approximate surface area is 149 Å². The summed E-state index contributed by atoms with van der Waals surface area (Å²) in [5.41, 5.74) is -0.404. The van der Waals surface area contributed by atoms with Crippen molar-refractivity contribution in [3.8, 4) is 11.5 Å². The van der Waals surface area contributed by atoms with Crippen LogP contribution in [-0.2, 0) is 0 Å². The Morgan fingerprint density at radius 2 is 1.50 bits per heavy atom. The molecule has 0 aliphatic carbocycles. The van der Waals surface area contributed by atoms with Crippen molar-refractivity contribution in [2.75, 3.05) is 0 Å². The van der Waals surface area contributed by atoms with E-state index in [1.807, 2.05) is 0 Å².